The van der Waals surface area contributed by atoms with E-state index in [0.717, 1.165) is 24.2 Å². The third kappa shape index (κ3) is 2.29. The second kappa shape index (κ2) is 5.74. The van der Waals surface area contributed by atoms with Gasteiger partial charge in [0.15, 0.2) is 0 Å². The molecule has 24 heavy (non-hydrogen) atoms. The highest BCUT2D eigenvalue weighted by molar-refractivity contribution is 5.94. The third-order valence-corrected chi connectivity index (χ3v) is 4.36. The second-order valence-corrected chi connectivity index (χ2v) is 5.75. The van der Waals surface area contributed by atoms with Gasteiger partial charge in [0, 0.05) is 43.0 Å². The number of hydrogen-bond donors (Lipinski definition) is 1. The monoisotopic (exact) mass is 318 g/mol. The summed E-state index contributed by atoms with van der Waals surface area (Å²) in [7, 11) is 0. The van der Waals surface area contributed by atoms with E-state index in [1.165, 1.54) is 0 Å². The number of H-pyrrole nitrogens is 1. The molecule has 0 spiro atoms. The zero-order valence-corrected chi connectivity index (χ0v) is 12.8. The molecule has 0 bridgehead atoms. The summed E-state index contributed by atoms with van der Waals surface area (Å²) in [5.41, 5.74) is 1.07. The summed E-state index contributed by atoms with van der Waals surface area (Å²) in [5, 5.41) is 10.3. The number of nitrogens with one attached hydrogen (secondary N) is 1. The zero-order valence-electron chi connectivity index (χ0n) is 12.8. The Morgan fingerprint density at radius 3 is 2.92 bits per heavy atom. The lowest BCUT2D eigenvalue weighted by Crippen LogP contribution is -2.25. The van der Waals surface area contributed by atoms with Gasteiger partial charge in [0.25, 0.3) is 5.56 Å². The summed E-state index contributed by atoms with van der Waals surface area (Å²) in [6.07, 6.45) is 7.63. The van der Waals surface area contributed by atoms with E-state index >= 15 is 0 Å². The molecule has 0 amide bonds. The van der Waals surface area contributed by atoms with Crippen LogP contribution in [0.15, 0.2) is 41.7 Å². The molecule has 4 heterocycles. The highest BCUT2D eigenvalue weighted by Crippen LogP contribution is 2.33. The van der Waals surface area contributed by atoms with Crippen molar-refractivity contribution in [3.8, 4) is 6.07 Å². The number of nitriles is 1. The molecule has 118 valence electrons. The molecule has 1 saturated heterocycles. The Bertz CT molecular complexity index is 991. The van der Waals surface area contributed by atoms with Crippen molar-refractivity contribution in [1.82, 2.24) is 19.9 Å². The Hall–Kier alpha value is -3.27. The predicted octanol–water partition coefficient (Wildman–Crippen LogP) is 1.58. The van der Waals surface area contributed by atoms with Crippen LogP contribution in [0.25, 0.3) is 10.9 Å². The summed E-state index contributed by atoms with van der Waals surface area (Å²) < 4.78 is 0. The third-order valence-electron chi connectivity index (χ3n) is 4.36. The van der Waals surface area contributed by atoms with Crippen LogP contribution in [-0.4, -0.2) is 33.0 Å². The lowest BCUT2D eigenvalue weighted by atomic mass is 10.1. The fourth-order valence-electron chi connectivity index (χ4n) is 3.26. The molecule has 0 aromatic carbocycles. The van der Waals surface area contributed by atoms with E-state index in [4.69, 9.17) is 0 Å². The smallest absolute Gasteiger partial charge is 0.268 e. The first-order valence-electron chi connectivity index (χ1n) is 7.70. The van der Waals surface area contributed by atoms with Gasteiger partial charge in [0.2, 0.25) is 0 Å². The van der Waals surface area contributed by atoms with E-state index in [-0.39, 0.29) is 17.0 Å². The zero-order chi connectivity index (χ0) is 16.5. The largest absolute Gasteiger partial charge is 0.369 e. The number of pyridine rings is 2. The van der Waals surface area contributed by atoms with E-state index in [0.29, 0.717) is 17.7 Å². The molecule has 7 heteroatoms. The maximum Gasteiger partial charge on any atom is 0.268 e. The highest BCUT2D eigenvalue weighted by Gasteiger charge is 2.29. The molecule has 4 rings (SSSR count). The van der Waals surface area contributed by atoms with E-state index in [2.05, 4.69) is 30.9 Å². The van der Waals surface area contributed by atoms with Gasteiger partial charge >= 0.3 is 0 Å². The number of fused-ring (bicyclic) bond motifs is 1. The lowest BCUT2D eigenvalue weighted by Gasteiger charge is -2.21. The first kappa shape index (κ1) is 14.3. The Morgan fingerprint density at radius 2 is 2.12 bits per heavy atom. The summed E-state index contributed by atoms with van der Waals surface area (Å²) in [6.45, 7) is 1.43. The Morgan fingerprint density at radius 1 is 1.29 bits per heavy atom. The van der Waals surface area contributed by atoms with Crippen molar-refractivity contribution < 1.29 is 0 Å². The van der Waals surface area contributed by atoms with E-state index in [1.54, 1.807) is 30.9 Å². The summed E-state index contributed by atoms with van der Waals surface area (Å²) in [4.78, 5) is 29.8. The highest BCUT2D eigenvalue weighted by atomic mass is 16.1. The number of anilines is 1. The molecule has 1 atom stereocenters. The normalized spacial score (nSPS) is 17.1. The van der Waals surface area contributed by atoms with Crippen LogP contribution in [0.4, 0.5) is 5.69 Å². The lowest BCUT2D eigenvalue weighted by molar-refractivity contribution is 0.709. The molecule has 7 nitrogen and oxygen atoms in total. The van der Waals surface area contributed by atoms with Gasteiger partial charge in [-0.3, -0.25) is 9.78 Å². The number of aromatic amines is 1. The predicted molar refractivity (Wildman–Crippen MR) is 88.7 cm³/mol. The topological polar surface area (TPSA) is 98.6 Å². The molecule has 0 aliphatic carbocycles. The number of nitrogens with zero attached hydrogens (tertiary/aromatic N) is 5. The minimum atomic E-state index is -0.382. The maximum atomic E-state index is 12.2. The SMILES string of the molecule is N#Cc1c(N2CCC(c3ncccn3)C2)c2ccncc2[nH]c1=O. The van der Waals surface area contributed by atoms with Gasteiger partial charge in [0.1, 0.15) is 17.5 Å². The van der Waals surface area contributed by atoms with Crippen LogP contribution < -0.4 is 10.5 Å². The summed E-state index contributed by atoms with van der Waals surface area (Å²) >= 11 is 0. The molecule has 1 aliphatic rings. The average Bonchev–Trinajstić information content (AvgIpc) is 3.11. The van der Waals surface area contributed by atoms with Crippen LogP contribution in [-0.2, 0) is 0 Å². The summed E-state index contributed by atoms with van der Waals surface area (Å²) in [6, 6.07) is 5.67. The van der Waals surface area contributed by atoms with E-state index in [9.17, 15) is 10.1 Å². The molecule has 1 aliphatic heterocycles. The van der Waals surface area contributed by atoms with Gasteiger partial charge in [-0.1, -0.05) is 0 Å². The van der Waals surface area contributed by atoms with Crippen molar-refractivity contribution in [2.24, 2.45) is 0 Å². The quantitative estimate of drug-likeness (QED) is 0.770. The maximum absolute atomic E-state index is 12.2. The van der Waals surface area contributed by atoms with Crippen LogP contribution >= 0.6 is 0 Å². The number of aromatic nitrogens is 4. The first-order chi connectivity index (χ1) is 11.8. The Kier molecular flexibility index (Phi) is 3.43. The standard InChI is InChI=1S/C17H14N6O/c18-8-13-15(12-2-6-19-9-14(12)22-17(13)24)23-7-3-11(10-23)16-20-4-1-5-21-16/h1-2,4-6,9,11H,3,7,10H2,(H,22,24). The van der Waals surface area contributed by atoms with Crippen molar-refractivity contribution in [1.29, 1.82) is 5.26 Å². The van der Waals surface area contributed by atoms with Crippen molar-refractivity contribution in [3.05, 3.63) is 58.7 Å². The molecule has 3 aromatic rings. The van der Waals surface area contributed by atoms with E-state index in [1.807, 2.05) is 6.07 Å². The molecule has 0 radical (unpaired) electrons. The number of rotatable bonds is 2. The van der Waals surface area contributed by atoms with Gasteiger partial charge < -0.3 is 9.88 Å². The minimum Gasteiger partial charge on any atom is -0.369 e. The van der Waals surface area contributed by atoms with Crippen LogP contribution in [0.2, 0.25) is 0 Å². The van der Waals surface area contributed by atoms with Gasteiger partial charge in [-0.15, -0.1) is 0 Å². The molecular formula is C17H14N6O. The molecule has 1 fully saturated rings. The van der Waals surface area contributed by atoms with Gasteiger partial charge in [-0.05, 0) is 18.6 Å². The molecule has 3 aromatic heterocycles. The van der Waals surface area contributed by atoms with Gasteiger partial charge in [-0.2, -0.15) is 5.26 Å². The van der Waals surface area contributed by atoms with Crippen molar-refractivity contribution in [3.63, 3.8) is 0 Å². The first-order valence-corrected chi connectivity index (χ1v) is 7.70. The molecule has 1 N–H and O–H groups in total. The number of hydrogen-bond acceptors (Lipinski definition) is 6. The van der Waals surface area contributed by atoms with Crippen LogP contribution in [0.3, 0.4) is 0 Å². The van der Waals surface area contributed by atoms with Gasteiger partial charge in [0.05, 0.1) is 17.4 Å². The van der Waals surface area contributed by atoms with Crippen molar-refractivity contribution in [2.75, 3.05) is 18.0 Å². The minimum absolute atomic E-state index is 0.142. The molecule has 0 saturated carbocycles. The second-order valence-electron chi connectivity index (χ2n) is 5.75. The van der Waals surface area contributed by atoms with Gasteiger partial charge in [-0.25, -0.2) is 9.97 Å². The van der Waals surface area contributed by atoms with Crippen LogP contribution in [0, 0.1) is 11.3 Å². The Balaban J connectivity index is 1.80. The van der Waals surface area contributed by atoms with Crippen LogP contribution in [0.1, 0.15) is 23.7 Å². The average molecular weight is 318 g/mol. The van der Waals surface area contributed by atoms with E-state index < -0.39 is 0 Å². The fourth-order valence-corrected chi connectivity index (χ4v) is 3.26. The summed E-state index contributed by atoms with van der Waals surface area (Å²) in [5.74, 6) is 0.989. The van der Waals surface area contributed by atoms with Crippen molar-refractivity contribution >= 4 is 16.6 Å². The molecular weight excluding hydrogens is 304 g/mol. The Labute approximate surface area is 137 Å². The fraction of sp³-hybridized carbons (Fsp3) is 0.235. The molecule has 1 unspecified atom stereocenters. The van der Waals surface area contributed by atoms with Crippen molar-refractivity contribution in [2.45, 2.75) is 12.3 Å². The van der Waals surface area contributed by atoms with Crippen LogP contribution in [0.5, 0.6) is 0 Å².